The van der Waals surface area contributed by atoms with Gasteiger partial charge in [0.1, 0.15) is 6.29 Å². The van der Waals surface area contributed by atoms with Crippen LogP contribution in [0.4, 0.5) is 0 Å². The van der Waals surface area contributed by atoms with E-state index in [1.54, 1.807) is 7.05 Å². The van der Waals surface area contributed by atoms with Crippen LogP contribution >= 0.6 is 7.60 Å². The Morgan fingerprint density at radius 3 is 1.15 bits per heavy atom. The number of likely N-dealkylation sites (N-methyl/N-ethyl adjacent to an activating group) is 1. The van der Waals surface area contributed by atoms with Gasteiger partial charge in [0.2, 0.25) is 0 Å². The van der Waals surface area contributed by atoms with Crippen molar-refractivity contribution < 1.29 is 23.5 Å². The van der Waals surface area contributed by atoms with Gasteiger partial charge in [-0.1, -0.05) is 154 Å². The van der Waals surface area contributed by atoms with Crippen LogP contribution in [0.25, 0.3) is 0 Å². The summed E-state index contributed by atoms with van der Waals surface area (Å²) in [6, 6.07) is 0. The van der Waals surface area contributed by atoms with Crippen molar-refractivity contribution in [1.29, 1.82) is 0 Å². The molecule has 47 heavy (non-hydrogen) atoms. The van der Waals surface area contributed by atoms with Crippen molar-refractivity contribution in [2.45, 2.75) is 194 Å². The number of unbranched alkanes of at least 4 members (excludes halogenated alkanes) is 24. The molecule has 0 bridgehead atoms. The van der Waals surface area contributed by atoms with Gasteiger partial charge in [0.15, 0.2) is 0 Å². The topological polar surface area (TPSA) is 76.1 Å². The maximum Gasteiger partial charge on any atom is 0.344 e. The summed E-state index contributed by atoms with van der Waals surface area (Å²) in [6.07, 6.45) is 44.2. The Bertz CT molecular complexity index is 724. The van der Waals surface area contributed by atoms with Gasteiger partial charge in [0.25, 0.3) is 0 Å². The molecule has 0 aromatic rings. The minimum Gasteiger partial charge on any atom is -0.480 e. The van der Waals surface area contributed by atoms with Crippen LogP contribution in [0.1, 0.15) is 194 Å². The van der Waals surface area contributed by atoms with Gasteiger partial charge in [-0.15, -0.1) is 0 Å². The molecule has 0 saturated carbocycles. The van der Waals surface area contributed by atoms with E-state index in [0.717, 1.165) is 38.5 Å². The van der Waals surface area contributed by atoms with Crippen LogP contribution in [0, 0.1) is 0 Å². The minimum atomic E-state index is -3.36. The highest BCUT2D eigenvalue weighted by molar-refractivity contribution is 7.53. The molecule has 0 aromatic carbocycles. The summed E-state index contributed by atoms with van der Waals surface area (Å²) in [7, 11) is -1.71. The van der Waals surface area contributed by atoms with E-state index in [0.29, 0.717) is 13.2 Å². The predicted molar refractivity (Wildman–Crippen MR) is 204 cm³/mol. The fourth-order valence-corrected chi connectivity index (χ4v) is 7.55. The summed E-state index contributed by atoms with van der Waals surface area (Å²) in [4.78, 5) is 12.6. The number of hydrogen-bond donors (Lipinski definition) is 1. The molecule has 7 heteroatoms. The molecule has 0 rings (SSSR count). The molecule has 0 heterocycles. The lowest BCUT2D eigenvalue weighted by Gasteiger charge is -2.23. The molecule has 0 aliphatic rings. The van der Waals surface area contributed by atoms with Gasteiger partial charge >= 0.3 is 13.6 Å². The molecule has 278 valence electrons. The largest absolute Gasteiger partial charge is 0.480 e. The predicted octanol–water partition coefficient (Wildman–Crippen LogP) is 13.3. The van der Waals surface area contributed by atoms with Crippen LogP contribution in [0.3, 0.4) is 0 Å². The Labute approximate surface area is 292 Å². The second-order valence-electron chi connectivity index (χ2n) is 13.7. The van der Waals surface area contributed by atoms with E-state index in [2.05, 4.69) is 38.2 Å². The van der Waals surface area contributed by atoms with Crippen molar-refractivity contribution in [3.8, 4) is 0 Å². The highest BCUT2D eigenvalue weighted by Gasteiger charge is 2.27. The third-order valence-electron chi connectivity index (χ3n) is 8.71. The monoisotopic (exact) mass is 684 g/mol. The quantitative estimate of drug-likeness (QED) is 0.0396. The molecule has 0 aliphatic heterocycles. The van der Waals surface area contributed by atoms with E-state index in [1.807, 2.05) is 0 Å². The standard InChI is InChI=1S/C40H78NO5P/c1-4-6-8-10-12-14-16-18-20-22-24-26-28-30-32-34-36-45-47(44,39-41(3)38-40(42)43)46-37-35-33-31-29-27-25-23-21-19-17-15-13-11-9-7-5-2/h18-21H,4-17,22-39H2,1-3H3,(H,42,43)/b20-18+,21-19+. The van der Waals surface area contributed by atoms with E-state index in [4.69, 9.17) is 14.2 Å². The normalized spacial score (nSPS) is 12.3. The summed E-state index contributed by atoms with van der Waals surface area (Å²) in [5, 5.41) is 9.12. The Kier molecular flexibility index (Phi) is 35.6. The maximum absolute atomic E-state index is 13.4. The van der Waals surface area contributed by atoms with E-state index in [-0.39, 0.29) is 12.8 Å². The third-order valence-corrected chi connectivity index (χ3v) is 10.7. The van der Waals surface area contributed by atoms with Crippen molar-refractivity contribution in [2.75, 3.05) is 33.1 Å². The van der Waals surface area contributed by atoms with Crippen LogP contribution in [-0.4, -0.2) is 49.1 Å². The Hall–Kier alpha value is -0.940. The smallest absolute Gasteiger partial charge is 0.344 e. The lowest BCUT2D eigenvalue weighted by Crippen LogP contribution is -2.27. The van der Waals surface area contributed by atoms with Crippen molar-refractivity contribution in [3.05, 3.63) is 24.3 Å². The Morgan fingerprint density at radius 1 is 0.532 bits per heavy atom. The van der Waals surface area contributed by atoms with Gasteiger partial charge in [0, 0.05) is 0 Å². The number of carboxylic acids is 1. The number of aliphatic carboxylic acids is 1. The van der Waals surface area contributed by atoms with Crippen LogP contribution in [0.2, 0.25) is 0 Å². The summed E-state index contributed by atoms with van der Waals surface area (Å²) in [5.74, 6) is -0.944. The first-order valence-corrected chi connectivity index (χ1v) is 21.7. The fraction of sp³-hybridized carbons (Fsp3) is 0.875. The first kappa shape index (κ1) is 46.1. The zero-order valence-corrected chi connectivity index (χ0v) is 32.3. The van der Waals surface area contributed by atoms with Crippen LogP contribution < -0.4 is 0 Å². The van der Waals surface area contributed by atoms with Gasteiger partial charge in [-0.25, -0.2) is 0 Å². The van der Waals surface area contributed by atoms with Crippen molar-refractivity contribution in [3.63, 3.8) is 0 Å². The lowest BCUT2D eigenvalue weighted by molar-refractivity contribution is -0.137. The molecular weight excluding hydrogens is 605 g/mol. The molecule has 0 spiro atoms. The number of carbonyl (C=O) groups is 1. The number of allylic oxidation sites excluding steroid dienone is 4. The van der Waals surface area contributed by atoms with E-state index < -0.39 is 13.6 Å². The number of carboxylic acid groups (broad SMARTS) is 1. The Morgan fingerprint density at radius 2 is 0.830 bits per heavy atom. The van der Waals surface area contributed by atoms with Gasteiger partial charge in [-0.05, 0) is 71.3 Å². The molecule has 0 radical (unpaired) electrons. The molecule has 0 fully saturated rings. The highest BCUT2D eigenvalue weighted by Crippen LogP contribution is 2.48. The molecule has 0 saturated heterocycles. The van der Waals surface area contributed by atoms with E-state index in [9.17, 15) is 9.36 Å². The zero-order chi connectivity index (χ0) is 34.5. The summed E-state index contributed by atoms with van der Waals surface area (Å²) in [5.41, 5.74) is 0. The maximum atomic E-state index is 13.4. The van der Waals surface area contributed by atoms with E-state index in [1.165, 1.54) is 146 Å². The minimum absolute atomic E-state index is 0.0120. The summed E-state index contributed by atoms with van der Waals surface area (Å²) >= 11 is 0. The number of nitrogens with zero attached hydrogens (tertiary/aromatic N) is 1. The lowest BCUT2D eigenvalue weighted by atomic mass is 10.1. The summed E-state index contributed by atoms with van der Waals surface area (Å²) < 4.78 is 25.1. The molecule has 0 unspecified atom stereocenters. The first-order chi connectivity index (χ1) is 22.9. The second-order valence-corrected chi connectivity index (χ2v) is 15.7. The third kappa shape index (κ3) is 36.2. The van der Waals surface area contributed by atoms with Crippen LogP contribution in [0.5, 0.6) is 0 Å². The molecule has 0 atom stereocenters. The van der Waals surface area contributed by atoms with Crippen LogP contribution in [-0.2, 0) is 18.4 Å². The SMILES string of the molecule is CCCCCCCC/C=C/CCCCCCCCOP(=O)(CN(C)CC(=O)O)OCCCCCCCC/C=C/CCCCCCCC. The Balaban J connectivity index is 3.95. The molecule has 0 aromatic heterocycles. The zero-order valence-electron chi connectivity index (χ0n) is 31.4. The van der Waals surface area contributed by atoms with Gasteiger partial charge in [0.05, 0.1) is 19.8 Å². The molecular formula is C40H78NO5P. The van der Waals surface area contributed by atoms with Gasteiger partial charge < -0.3 is 14.2 Å². The fourth-order valence-electron chi connectivity index (χ4n) is 5.80. The second kappa shape index (κ2) is 36.3. The number of hydrogen-bond acceptors (Lipinski definition) is 5. The van der Waals surface area contributed by atoms with Gasteiger partial charge in [-0.3, -0.25) is 14.3 Å². The van der Waals surface area contributed by atoms with Crippen molar-refractivity contribution in [2.24, 2.45) is 0 Å². The van der Waals surface area contributed by atoms with E-state index >= 15 is 0 Å². The average Bonchev–Trinajstić information content (AvgIpc) is 3.03. The van der Waals surface area contributed by atoms with Crippen LogP contribution in [0.15, 0.2) is 24.3 Å². The molecule has 1 N–H and O–H groups in total. The first-order valence-electron chi connectivity index (χ1n) is 20.0. The molecule has 0 aliphatic carbocycles. The number of rotatable bonds is 38. The van der Waals surface area contributed by atoms with Crippen molar-refractivity contribution >= 4 is 13.6 Å². The van der Waals surface area contributed by atoms with Gasteiger partial charge in [-0.2, -0.15) is 0 Å². The summed E-state index contributed by atoms with van der Waals surface area (Å²) in [6.45, 7) is 5.14. The highest BCUT2D eigenvalue weighted by atomic mass is 31.2. The van der Waals surface area contributed by atoms with Crippen molar-refractivity contribution in [1.82, 2.24) is 4.90 Å². The molecule has 6 nitrogen and oxygen atoms in total. The molecule has 0 amide bonds. The average molecular weight is 684 g/mol.